The maximum absolute atomic E-state index is 12.1. The molecule has 0 unspecified atom stereocenters. The van der Waals surface area contributed by atoms with Gasteiger partial charge in [0.25, 0.3) is 5.91 Å². The van der Waals surface area contributed by atoms with E-state index in [0.717, 1.165) is 5.69 Å². The minimum Gasteiger partial charge on any atom is -0.384 e. The Balaban J connectivity index is 2.02. The van der Waals surface area contributed by atoms with Crippen LogP contribution in [0.2, 0.25) is 0 Å². The van der Waals surface area contributed by atoms with E-state index >= 15 is 0 Å². The molecule has 0 bridgehead atoms. The molecule has 2 aromatic heterocycles. The summed E-state index contributed by atoms with van der Waals surface area (Å²) in [5.74, 6) is 5.08. The zero-order valence-corrected chi connectivity index (χ0v) is 11.7. The van der Waals surface area contributed by atoms with Crippen LogP contribution in [0, 0.1) is 18.8 Å². The fourth-order valence-corrected chi connectivity index (χ4v) is 2.25. The normalized spacial score (nSPS) is 9.70. The molecule has 0 atom stereocenters. The Hall–Kier alpha value is -2.23. The number of thiophene rings is 1. The summed E-state index contributed by atoms with van der Waals surface area (Å²) in [6.07, 6.45) is 3.29. The molecule has 2 heterocycles. The first-order chi connectivity index (χ1) is 9.70. The molecule has 0 radical (unpaired) electrons. The Morgan fingerprint density at radius 1 is 1.45 bits per heavy atom. The fraction of sp³-hybridized carbons (Fsp3) is 0.214. The van der Waals surface area contributed by atoms with E-state index in [-0.39, 0.29) is 12.5 Å². The van der Waals surface area contributed by atoms with Crippen LogP contribution in [0.25, 0.3) is 0 Å². The lowest BCUT2D eigenvalue weighted by Gasteiger charge is -2.03. The van der Waals surface area contributed by atoms with Crippen LogP contribution in [-0.4, -0.2) is 27.6 Å². The Morgan fingerprint density at radius 2 is 2.30 bits per heavy atom. The summed E-state index contributed by atoms with van der Waals surface area (Å²) in [6, 6.07) is 1.76. The van der Waals surface area contributed by atoms with E-state index in [0.29, 0.717) is 22.7 Å². The van der Waals surface area contributed by atoms with Gasteiger partial charge in [0.1, 0.15) is 11.5 Å². The van der Waals surface area contributed by atoms with E-state index in [9.17, 15) is 4.79 Å². The van der Waals surface area contributed by atoms with Crippen LogP contribution in [0.3, 0.4) is 0 Å². The molecule has 102 valence electrons. The molecule has 0 spiro atoms. The Bertz CT molecular complexity index is 653. The molecule has 20 heavy (non-hydrogen) atoms. The molecule has 2 aromatic rings. The topological polar surface area (TPSA) is 75.1 Å². The third-order valence-corrected chi connectivity index (χ3v) is 3.35. The van der Waals surface area contributed by atoms with Crippen molar-refractivity contribution in [2.24, 2.45) is 0 Å². The van der Waals surface area contributed by atoms with Crippen molar-refractivity contribution in [2.45, 2.75) is 13.5 Å². The minimum absolute atomic E-state index is 0.204. The molecule has 1 amide bonds. The number of aromatic nitrogens is 2. The lowest BCUT2D eigenvalue weighted by molar-refractivity contribution is 0.0954. The molecule has 0 saturated carbocycles. The van der Waals surface area contributed by atoms with Crippen LogP contribution in [0.5, 0.6) is 0 Å². The first-order valence-electron chi connectivity index (χ1n) is 5.93. The van der Waals surface area contributed by atoms with E-state index in [1.54, 1.807) is 23.8 Å². The number of aliphatic hydroxyl groups is 1. The van der Waals surface area contributed by atoms with E-state index in [1.165, 1.54) is 11.3 Å². The first-order valence-corrected chi connectivity index (χ1v) is 6.81. The second-order valence-corrected chi connectivity index (χ2v) is 4.87. The van der Waals surface area contributed by atoms with E-state index in [4.69, 9.17) is 5.11 Å². The van der Waals surface area contributed by atoms with E-state index < -0.39 is 0 Å². The smallest absolute Gasteiger partial charge is 0.262 e. The summed E-state index contributed by atoms with van der Waals surface area (Å²) in [5, 5.41) is 13.3. The number of rotatable bonds is 3. The third-order valence-electron chi connectivity index (χ3n) is 2.44. The largest absolute Gasteiger partial charge is 0.384 e. The summed E-state index contributed by atoms with van der Waals surface area (Å²) < 4.78 is 0. The van der Waals surface area contributed by atoms with Gasteiger partial charge in [-0.1, -0.05) is 11.8 Å². The monoisotopic (exact) mass is 287 g/mol. The van der Waals surface area contributed by atoms with Crippen molar-refractivity contribution in [1.29, 1.82) is 0 Å². The van der Waals surface area contributed by atoms with E-state index in [2.05, 4.69) is 27.1 Å². The zero-order chi connectivity index (χ0) is 14.4. The standard InChI is InChI=1S/C14H13N3O2S/c1-10-7-16-12(8-15-10)9-17-14(19)13-11(3-2-5-18)4-6-20-13/h4,6-8,18H,5,9H2,1H3,(H,17,19). The van der Waals surface area contributed by atoms with Crippen molar-refractivity contribution in [3.05, 3.63) is 45.7 Å². The van der Waals surface area contributed by atoms with Gasteiger partial charge >= 0.3 is 0 Å². The van der Waals surface area contributed by atoms with Gasteiger partial charge in [-0.25, -0.2) is 0 Å². The molecule has 2 rings (SSSR count). The maximum Gasteiger partial charge on any atom is 0.262 e. The molecule has 0 saturated heterocycles. The van der Waals surface area contributed by atoms with Crippen LogP contribution in [0.1, 0.15) is 26.6 Å². The Kier molecular flexibility index (Phi) is 4.82. The van der Waals surface area contributed by atoms with Gasteiger partial charge in [0.05, 0.1) is 24.1 Å². The summed E-state index contributed by atoms with van der Waals surface area (Å²) in [7, 11) is 0. The van der Waals surface area contributed by atoms with Gasteiger partial charge in [0.15, 0.2) is 0 Å². The second-order valence-electron chi connectivity index (χ2n) is 3.96. The van der Waals surface area contributed by atoms with Crippen LogP contribution in [-0.2, 0) is 6.54 Å². The third kappa shape index (κ3) is 3.63. The molecule has 6 heteroatoms. The van der Waals surface area contributed by atoms with Crippen LogP contribution < -0.4 is 5.32 Å². The molecule has 5 nitrogen and oxygen atoms in total. The van der Waals surface area contributed by atoms with Crippen LogP contribution >= 0.6 is 11.3 Å². The molecule has 0 fully saturated rings. The van der Waals surface area contributed by atoms with Crippen molar-refractivity contribution < 1.29 is 9.90 Å². The number of amides is 1. The van der Waals surface area contributed by atoms with Gasteiger partial charge in [-0.3, -0.25) is 14.8 Å². The number of carbonyl (C=O) groups excluding carboxylic acids is 1. The molecule has 0 aliphatic heterocycles. The Morgan fingerprint density at radius 3 is 3.00 bits per heavy atom. The van der Waals surface area contributed by atoms with Crippen molar-refractivity contribution in [1.82, 2.24) is 15.3 Å². The number of hydrogen-bond acceptors (Lipinski definition) is 5. The molecule has 2 N–H and O–H groups in total. The average Bonchev–Trinajstić information content (AvgIpc) is 2.92. The summed E-state index contributed by atoms with van der Waals surface area (Å²) in [4.78, 5) is 20.9. The Labute approximate surface area is 120 Å². The van der Waals surface area contributed by atoms with Crippen molar-refractivity contribution >= 4 is 17.2 Å². The van der Waals surface area contributed by atoms with Crippen molar-refractivity contribution in [3.63, 3.8) is 0 Å². The second kappa shape index (κ2) is 6.80. The molecule has 0 aliphatic carbocycles. The SMILES string of the molecule is Cc1cnc(CNC(=O)c2sccc2C#CCO)cn1. The molecule has 0 aromatic carbocycles. The number of hydrogen-bond donors (Lipinski definition) is 2. The first kappa shape index (κ1) is 14.2. The maximum atomic E-state index is 12.1. The highest BCUT2D eigenvalue weighted by molar-refractivity contribution is 7.12. The molecular weight excluding hydrogens is 274 g/mol. The predicted molar refractivity (Wildman–Crippen MR) is 76.2 cm³/mol. The van der Waals surface area contributed by atoms with Crippen molar-refractivity contribution in [3.8, 4) is 11.8 Å². The van der Waals surface area contributed by atoms with Gasteiger partial charge in [-0.05, 0) is 18.4 Å². The highest BCUT2D eigenvalue weighted by atomic mass is 32.1. The predicted octanol–water partition coefficient (Wildman–Crippen LogP) is 1.12. The number of nitrogens with zero attached hydrogens (tertiary/aromatic N) is 2. The van der Waals surface area contributed by atoms with Gasteiger partial charge in [0.2, 0.25) is 0 Å². The van der Waals surface area contributed by atoms with E-state index in [1.807, 2.05) is 6.92 Å². The van der Waals surface area contributed by atoms with Crippen LogP contribution in [0.15, 0.2) is 23.8 Å². The lowest BCUT2D eigenvalue weighted by atomic mass is 10.2. The molecule has 0 aliphatic rings. The van der Waals surface area contributed by atoms with Crippen LogP contribution in [0.4, 0.5) is 0 Å². The van der Waals surface area contributed by atoms with Crippen molar-refractivity contribution in [2.75, 3.05) is 6.61 Å². The summed E-state index contributed by atoms with van der Waals surface area (Å²) in [6.45, 7) is 1.94. The zero-order valence-electron chi connectivity index (χ0n) is 10.9. The summed E-state index contributed by atoms with van der Waals surface area (Å²) >= 11 is 1.31. The summed E-state index contributed by atoms with van der Waals surface area (Å²) in [5.41, 5.74) is 2.15. The van der Waals surface area contributed by atoms with Gasteiger partial charge in [-0.2, -0.15) is 0 Å². The highest BCUT2D eigenvalue weighted by Gasteiger charge is 2.11. The lowest BCUT2D eigenvalue weighted by Crippen LogP contribution is -2.23. The fourth-order valence-electron chi connectivity index (χ4n) is 1.48. The average molecular weight is 287 g/mol. The van der Waals surface area contributed by atoms with Gasteiger partial charge < -0.3 is 10.4 Å². The highest BCUT2D eigenvalue weighted by Crippen LogP contribution is 2.15. The number of aryl methyl sites for hydroxylation is 1. The van der Waals surface area contributed by atoms with Gasteiger partial charge in [-0.15, -0.1) is 11.3 Å². The number of aliphatic hydroxyl groups excluding tert-OH is 1. The minimum atomic E-state index is -0.226. The van der Waals surface area contributed by atoms with Gasteiger partial charge in [0, 0.05) is 11.8 Å². The number of nitrogens with one attached hydrogen (secondary N) is 1. The number of carbonyl (C=O) groups is 1. The molecular formula is C14H13N3O2S. The quantitative estimate of drug-likeness (QED) is 0.830.